The maximum absolute atomic E-state index is 12.6. The fourth-order valence-corrected chi connectivity index (χ4v) is 5.72. The summed E-state index contributed by atoms with van der Waals surface area (Å²) in [6.45, 7) is 5.54. The Bertz CT molecular complexity index is 896. The number of pyridine rings is 1. The summed E-state index contributed by atoms with van der Waals surface area (Å²) < 4.78 is 5.69. The van der Waals surface area contributed by atoms with E-state index in [0.717, 1.165) is 49.4 Å². The maximum Gasteiger partial charge on any atom is 0.251 e. The Labute approximate surface area is 172 Å². The van der Waals surface area contributed by atoms with E-state index >= 15 is 0 Å². The number of fused-ring (bicyclic) bond motifs is 1. The van der Waals surface area contributed by atoms with E-state index < -0.39 is 0 Å². The van der Waals surface area contributed by atoms with E-state index in [1.54, 1.807) is 6.07 Å². The molecule has 3 heterocycles. The number of nitrogens with zero attached hydrogens (tertiary/aromatic N) is 2. The molecule has 2 saturated heterocycles. The van der Waals surface area contributed by atoms with Crippen molar-refractivity contribution in [3.05, 3.63) is 58.4 Å². The molecule has 4 atom stereocenters. The first-order chi connectivity index (χ1) is 14.2. The van der Waals surface area contributed by atoms with Crippen LogP contribution in [0.4, 0.5) is 11.5 Å². The molecule has 2 aromatic rings. The third-order valence-electron chi connectivity index (χ3n) is 7.06. The number of hydrogen-bond acceptors (Lipinski definition) is 4. The molecule has 1 N–H and O–H groups in total. The minimum atomic E-state index is -0.00725. The Morgan fingerprint density at radius 1 is 1.14 bits per heavy atom. The zero-order valence-corrected chi connectivity index (χ0v) is 17.2. The van der Waals surface area contributed by atoms with Crippen molar-refractivity contribution in [1.29, 1.82) is 0 Å². The third kappa shape index (κ3) is 3.80. The molecule has 0 unspecified atom stereocenters. The number of H-pyrrole nitrogens is 1. The Morgan fingerprint density at radius 2 is 2.00 bits per heavy atom. The van der Waals surface area contributed by atoms with Crippen LogP contribution in [0.25, 0.3) is 0 Å². The minimum absolute atomic E-state index is 0.00725. The van der Waals surface area contributed by atoms with Crippen LogP contribution < -0.4 is 15.4 Å². The first kappa shape index (κ1) is 18.7. The fraction of sp³-hybridized carbons (Fsp3) is 0.542. The summed E-state index contributed by atoms with van der Waals surface area (Å²) in [6, 6.07) is 15.2. The van der Waals surface area contributed by atoms with Gasteiger partial charge < -0.3 is 19.5 Å². The molecule has 29 heavy (non-hydrogen) atoms. The Balaban J connectivity index is 1.45. The van der Waals surface area contributed by atoms with E-state index in [1.807, 2.05) is 0 Å². The van der Waals surface area contributed by atoms with Crippen molar-refractivity contribution in [3.8, 4) is 0 Å². The van der Waals surface area contributed by atoms with E-state index in [2.05, 4.69) is 58.1 Å². The summed E-state index contributed by atoms with van der Waals surface area (Å²) >= 11 is 0. The van der Waals surface area contributed by atoms with Crippen molar-refractivity contribution >= 4 is 11.5 Å². The lowest BCUT2D eigenvalue weighted by atomic mass is 9.90. The Morgan fingerprint density at radius 3 is 2.83 bits per heavy atom. The molecular formula is C24H31N3O2. The Kier molecular flexibility index (Phi) is 5.08. The van der Waals surface area contributed by atoms with Gasteiger partial charge in [-0.2, -0.15) is 0 Å². The largest absolute Gasteiger partial charge is 0.375 e. The molecule has 0 bridgehead atoms. The highest BCUT2D eigenvalue weighted by Gasteiger charge is 2.44. The predicted molar refractivity (Wildman–Crippen MR) is 117 cm³/mol. The number of benzene rings is 1. The molecule has 0 radical (unpaired) electrons. The van der Waals surface area contributed by atoms with Crippen molar-refractivity contribution < 1.29 is 4.74 Å². The van der Waals surface area contributed by atoms with E-state index in [0.29, 0.717) is 12.6 Å². The first-order valence-corrected chi connectivity index (χ1v) is 11.1. The van der Waals surface area contributed by atoms with E-state index in [4.69, 9.17) is 4.74 Å². The summed E-state index contributed by atoms with van der Waals surface area (Å²) in [7, 11) is 0. The number of aromatic amines is 1. The van der Waals surface area contributed by atoms with Gasteiger partial charge in [0.2, 0.25) is 0 Å². The summed E-state index contributed by atoms with van der Waals surface area (Å²) in [5.74, 6) is 2.46. The molecule has 5 nitrogen and oxygen atoms in total. The summed E-state index contributed by atoms with van der Waals surface area (Å²) in [5.41, 5.74) is 2.40. The zero-order chi connectivity index (χ0) is 19.8. The molecule has 5 rings (SSSR count). The third-order valence-corrected chi connectivity index (χ3v) is 7.06. The zero-order valence-electron chi connectivity index (χ0n) is 17.2. The van der Waals surface area contributed by atoms with Crippen LogP contribution in [-0.4, -0.2) is 43.4 Å². The van der Waals surface area contributed by atoms with Crippen LogP contribution in [0, 0.1) is 11.8 Å². The Hall–Kier alpha value is -2.27. The number of rotatable bonds is 4. The summed E-state index contributed by atoms with van der Waals surface area (Å²) in [4.78, 5) is 20.5. The van der Waals surface area contributed by atoms with Gasteiger partial charge in [0.1, 0.15) is 5.82 Å². The SMILES string of the molecule is C[C@@H]1CN(c2cc(N3C[C@H]4CCC[C@H]4[C@@H]3Cc3ccccc3)[nH]c(=O)c2)CCO1. The molecule has 3 aliphatic rings. The van der Waals surface area contributed by atoms with Crippen LogP contribution in [0.1, 0.15) is 31.7 Å². The second-order valence-electron chi connectivity index (χ2n) is 8.98. The van der Waals surface area contributed by atoms with Crippen LogP contribution in [0.2, 0.25) is 0 Å². The molecule has 2 aliphatic heterocycles. The second kappa shape index (κ2) is 7.86. The van der Waals surface area contributed by atoms with Gasteiger partial charge in [-0.25, -0.2) is 0 Å². The van der Waals surface area contributed by atoms with Gasteiger partial charge in [-0.05, 0) is 43.6 Å². The standard InChI is InChI=1S/C24H31N3O2/c1-17-15-26(10-11-29-17)20-13-23(25-24(28)14-20)27-16-19-8-5-9-21(19)22(27)12-18-6-3-2-4-7-18/h2-4,6-7,13-14,17,19,21-22H,5,8-12,15-16H2,1H3,(H,25,28)/t17-,19-,21-,22+/m1/s1. The average molecular weight is 394 g/mol. The van der Waals surface area contributed by atoms with E-state index in [1.165, 1.54) is 24.8 Å². The minimum Gasteiger partial charge on any atom is -0.375 e. The highest BCUT2D eigenvalue weighted by Crippen LogP contribution is 2.44. The maximum atomic E-state index is 12.6. The quantitative estimate of drug-likeness (QED) is 0.864. The molecular weight excluding hydrogens is 362 g/mol. The van der Waals surface area contributed by atoms with Crippen molar-refractivity contribution in [2.45, 2.75) is 44.8 Å². The highest BCUT2D eigenvalue weighted by atomic mass is 16.5. The van der Waals surface area contributed by atoms with E-state index in [-0.39, 0.29) is 11.7 Å². The molecule has 0 spiro atoms. The van der Waals surface area contributed by atoms with Gasteiger partial charge >= 0.3 is 0 Å². The normalized spacial score (nSPS) is 29.3. The second-order valence-corrected chi connectivity index (χ2v) is 8.98. The lowest BCUT2D eigenvalue weighted by molar-refractivity contribution is 0.0532. The molecule has 1 aliphatic carbocycles. The highest BCUT2D eigenvalue weighted by molar-refractivity contribution is 5.56. The predicted octanol–water partition coefficient (Wildman–Crippen LogP) is 3.45. The van der Waals surface area contributed by atoms with Gasteiger partial charge in [-0.3, -0.25) is 4.79 Å². The van der Waals surface area contributed by atoms with E-state index in [9.17, 15) is 4.79 Å². The van der Waals surface area contributed by atoms with Gasteiger partial charge in [0.25, 0.3) is 5.56 Å². The number of aromatic nitrogens is 1. The summed E-state index contributed by atoms with van der Waals surface area (Å²) in [6.07, 6.45) is 5.21. The van der Waals surface area contributed by atoms with Crippen LogP contribution in [0.15, 0.2) is 47.3 Å². The van der Waals surface area contributed by atoms with Crippen molar-refractivity contribution in [3.63, 3.8) is 0 Å². The molecule has 5 heteroatoms. The van der Waals surface area contributed by atoms with Gasteiger partial charge in [0, 0.05) is 43.5 Å². The lowest BCUT2D eigenvalue weighted by Crippen LogP contribution is -2.42. The molecule has 1 aromatic heterocycles. The number of morpholine rings is 1. The topological polar surface area (TPSA) is 48.6 Å². The van der Waals surface area contributed by atoms with Gasteiger partial charge in [-0.15, -0.1) is 0 Å². The first-order valence-electron chi connectivity index (χ1n) is 11.1. The van der Waals surface area contributed by atoms with Gasteiger partial charge in [0.05, 0.1) is 12.7 Å². The van der Waals surface area contributed by atoms with Crippen LogP contribution in [0.3, 0.4) is 0 Å². The summed E-state index contributed by atoms with van der Waals surface area (Å²) in [5, 5.41) is 0. The molecule has 0 amide bonds. The molecule has 154 valence electrons. The van der Waals surface area contributed by atoms with Gasteiger partial charge in [-0.1, -0.05) is 36.8 Å². The monoisotopic (exact) mass is 393 g/mol. The average Bonchev–Trinajstić information content (AvgIpc) is 3.31. The smallest absolute Gasteiger partial charge is 0.251 e. The number of hydrogen-bond donors (Lipinski definition) is 1. The van der Waals surface area contributed by atoms with Gasteiger partial charge in [0.15, 0.2) is 0 Å². The number of anilines is 2. The van der Waals surface area contributed by atoms with Crippen LogP contribution in [0.5, 0.6) is 0 Å². The van der Waals surface area contributed by atoms with Crippen molar-refractivity contribution in [1.82, 2.24) is 4.98 Å². The fourth-order valence-electron chi connectivity index (χ4n) is 5.72. The van der Waals surface area contributed by atoms with Crippen LogP contribution >= 0.6 is 0 Å². The van der Waals surface area contributed by atoms with Crippen LogP contribution in [-0.2, 0) is 11.2 Å². The molecule has 1 saturated carbocycles. The molecule has 3 fully saturated rings. The molecule has 1 aromatic carbocycles. The van der Waals surface area contributed by atoms with Crippen molar-refractivity contribution in [2.75, 3.05) is 36.0 Å². The van der Waals surface area contributed by atoms with Crippen molar-refractivity contribution in [2.24, 2.45) is 11.8 Å². The number of ether oxygens (including phenoxy) is 1. The lowest BCUT2D eigenvalue weighted by Gasteiger charge is -2.34. The number of nitrogens with one attached hydrogen (secondary N) is 1.